The Labute approximate surface area is 123 Å². The molecule has 3 aromatic heterocycles. The predicted molar refractivity (Wildman–Crippen MR) is 75.5 cm³/mol. The molecule has 3 heterocycles. The number of hydrogen-bond acceptors (Lipinski definition) is 4. The summed E-state index contributed by atoms with van der Waals surface area (Å²) in [4.78, 5) is 40.9. The molecule has 0 saturated heterocycles. The van der Waals surface area contributed by atoms with Gasteiger partial charge >= 0.3 is 5.97 Å². The van der Waals surface area contributed by atoms with Crippen molar-refractivity contribution in [2.24, 2.45) is 0 Å². The van der Waals surface area contributed by atoms with Crippen LogP contribution in [0, 0.1) is 0 Å². The lowest BCUT2D eigenvalue weighted by Gasteiger charge is -2.14. The minimum Gasteiger partial charge on any atom is -0.478 e. The van der Waals surface area contributed by atoms with Gasteiger partial charge in [-0.05, 0) is 24.3 Å². The van der Waals surface area contributed by atoms with Crippen molar-refractivity contribution in [3.8, 4) is 0 Å². The molecule has 0 radical (unpaired) electrons. The highest BCUT2D eigenvalue weighted by Crippen LogP contribution is 2.32. The lowest BCUT2D eigenvalue weighted by molar-refractivity contribution is 0.0695. The molecule has 6 heteroatoms. The van der Waals surface area contributed by atoms with E-state index in [0.29, 0.717) is 5.52 Å². The van der Waals surface area contributed by atoms with Crippen LogP contribution in [-0.4, -0.2) is 32.0 Å². The van der Waals surface area contributed by atoms with Crippen LogP contribution in [0.3, 0.4) is 0 Å². The highest BCUT2D eigenvalue weighted by Gasteiger charge is 2.38. The third kappa shape index (κ3) is 1.38. The van der Waals surface area contributed by atoms with Gasteiger partial charge in [0.15, 0.2) is 0 Å². The van der Waals surface area contributed by atoms with Crippen LogP contribution in [0.1, 0.15) is 42.5 Å². The number of carboxylic acid groups (broad SMARTS) is 1. The fourth-order valence-corrected chi connectivity index (χ4v) is 2.88. The first-order valence-corrected chi connectivity index (χ1v) is 6.52. The van der Waals surface area contributed by atoms with E-state index in [1.807, 2.05) is 0 Å². The van der Waals surface area contributed by atoms with E-state index in [-0.39, 0.29) is 28.1 Å². The van der Waals surface area contributed by atoms with Gasteiger partial charge in [-0.2, -0.15) is 0 Å². The molecule has 106 valence electrons. The first kappa shape index (κ1) is 12.5. The number of carbonyl (C=O) groups is 3. The molecule has 0 atom stereocenters. The normalized spacial score (nSPS) is 13.1. The number of aromatic nitrogens is 2. The van der Waals surface area contributed by atoms with Gasteiger partial charge in [-0.25, -0.2) is 4.79 Å². The Balaban J connectivity index is 2.20. The maximum Gasteiger partial charge on any atom is 0.338 e. The summed E-state index contributed by atoms with van der Waals surface area (Å²) in [5.74, 6) is -2.18. The summed E-state index contributed by atoms with van der Waals surface area (Å²) < 4.78 is 1.45. The maximum atomic E-state index is 12.7. The van der Waals surface area contributed by atoms with Gasteiger partial charge < -0.3 is 9.51 Å². The molecule has 4 rings (SSSR count). The summed E-state index contributed by atoms with van der Waals surface area (Å²) >= 11 is 0. The molecule has 0 fully saturated rings. The molecular weight excluding hydrogens is 284 g/mol. The SMILES string of the molecule is O=C1c2ncccc2C(=O)c2c1c(C(=O)O)c1ccccn21. The Morgan fingerprint density at radius 1 is 1.09 bits per heavy atom. The number of pyridine rings is 2. The fourth-order valence-electron chi connectivity index (χ4n) is 2.88. The molecule has 6 nitrogen and oxygen atoms in total. The monoisotopic (exact) mass is 292 g/mol. The molecule has 1 aliphatic rings. The van der Waals surface area contributed by atoms with E-state index in [1.54, 1.807) is 30.5 Å². The van der Waals surface area contributed by atoms with Gasteiger partial charge in [-0.3, -0.25) is 14.6 Å². The third-order valence-electron chi connectivity index (χ3n) is 3.77. The van der Waals surface area contributed by atoms with Crippen molar-refractivity contribution in [1.29, 1.82) is 0 Å². The van der Waals surface area contributed by atoms with Crippen molar-refractivity contribution in [2.75, 3.05) is 0 Å². The van der Waals surface area contributed by atoms with Crippen LogP contribution in [0.2, 0.25) is 0 Å². The smallest absolute Gasteiger partial charge is 0.338 e. The van der Waals surface area contributed by atoms with E-state index >= 15 is 0 Å². The molecule has 0 bridgehead atoms. The van der Waals surface area contributed by atoms with Crippen LogP contribution in [0.4, 0.5) is 0 Å². The number of carbonyl (C=O) groups excluding carboxylic acids is 2. The first-order valence-electron chi connectivity index (χ1n) is 6.52. The van der Waals surface area contributed by atoms with Gasteiger partial charge in [-0.15, -0.1) is 0 Å². The summed E-state index contributed by atoms with van der Waals surface area (Å²) in [7, 11) is 0. The van der Waals surface area contributed by atoms with Crippen molar-refractivity contribution >= 4 is 23.1 Å². The van der Waals surface area contributed by atoms with Gasteiger partial charge in [-0.1, -0.05) is 6.07 Å². The van der Waals surface area contributed by atoms with Crippen LogP contribution in [0.15, 0.2) is 42.7 Å². The number of fused-ring (bicyclic) bond motifs is 4. The van der Waals surface area contributed by atoms with Crippen LogP contribution in [-0.2, 0) is 0 Å². The highest BCUT2D eigenvalue weighted by atomic mass is 16.4. The van der Waals surface area contributed by atoms with Crippen LogP contribution in [0.5, 0.6) is 0 Å². The van der Waals surface area contributed by atoms with Gasteiger partial charge in [0.05, 0.1) is 22.2 Å². The number of hydrogen-bond donors (Lipinski definition) is 1. The Morgan fingerprint density at radius 2 is 1.91 bits per heavy atom. The Bertz CT molecular complexity index is 1000. The fraction of sp³-hybridized carbons (Fsp3) is 0. The lowest BCUT2D eigenvalue weighted by Crippen LogP contribution is -2.23. The molecular formula is C16H8N2O4. The number of carboxylic acids is 1. The van der Waals surface area contributed by atoms with Gasteiger partial charge in [0.25, 0.3) is 0 Å². The van der Waals surface area contributed by atoms with E-state index in [0.717, 1.165) is 0 Å². The summed E-state index contributed by atoms with van der Waals surface area (Å²) in [5.41, 5.74) is 0.340. The van der Waals surface area contributed by atoms with Gasteiger partial charge in [0.1, 0.15) is 11.4 Å². The molecule has 0 aromatic carbocycles. The molecule has 0 unspecified atom stereocenters. The summed E-state index contributed by atoms with van der Waals surface area (Å²) in [6, 6.07) is 8.00. The third-order valence-corrected chi connectivity index (χ3v) is 3.77. The van der Waals surface area contributed by atoms with Gasteiger partial charge in [0.2, 0.25) is 11.6 Å². The summed E-state index contributed by atoms with van der Waals surface area (Å²) in [6.07, 6.45) is 2.98. The molecule has 3 aromatic rings. The molecule has 1 aliphatic carbocycles. The number of rotatable bonds is 1. The minimum atomic E-state index is -1.24. The van der Waals surface area contributed by atoms with E-state index in [1.165, 1.54) is 16.7 Å². The molecule has 0 aliphatic heterocycles. The minimum absolute atomic E-state index is 0.00148. The largest absolute Gasteiger partial charge is 0.478 e. The van der Waals surface area contributed by atoms with E-state index in [2.05, 4.69) is 4.98 Å². The number of aromatic carboxylic acids is 1. The molecule has 0 saturated carbocycles. The van der Waals surface area contributed by atoms with Crippen LogP contribution >= 0.6 is 0 Å². The van der Waals surface area contributed by atoms with Crippen molar-refractivity contribution < 1.29 is 19.5 Å². The number of ketones is 2. The zero-order valence-corrected chi connectivity index (χ0v) is 11.1. The molecule has 22 heavy (non-hydrogen) atoms. The average Bonchev–Trinajstić information content (AvgIpc) is 2.88. The second-order valence-electron chi connectivity index (χ2n) is 4.92. The second kappa shape index (κ2) is 4.11. The standard InChI is InChI=1S/C16H8N2O4/c19-14-8-4-3-6-17-12(8)15(20)11-10(16(21)22)9-5-1-2-7-18(9)13(11)14/h1-7H,(H,21,22). The zero-order valence-electron chi connectivity index (χ0n) is 11.1. The average molecular weight is 292 g/mol. The van der Waals surface area contributed by atoms with Crippen molar-refractivity contribution in [3.05, 3.63) is 70.8 Å². The first-order chi connectivity index (χ1) is 10.6. The van der Waals surface area contributed by atoms with Crippen molar-refractivity contribution in [1.82, 2.24) is 9.38 Å². The highest BCUT2D eigenvalue weighted by molar-refractivity contribution is 6.31. The predicted octanol–water partition coefficient (Wildman–Crippen LogP) is 1.81. The van der Waals surface area contributed by atoms with Crippen molar-refractivity contribution in [3.63, 3.8) is 0 Å². The van der Waals surface area contributed by atoms with Gasteiger partial charge in [0, 0.05) is 12.4 Å². The summed E-state index contributed by atoms with van der Waals surface area (Å²) in [5, 5.41) is 9.48. The van der Waals surface area contributed by atoms with E-state index in [4.69, 9.17) is 0 Å². The molecule has 1 N–H and O–H groups in total. The Hall–Kier alpha value is -3.28. The topological polar surface area (TPSA) is 88.7 Å². The quantitative estimate of drug-likeness (QED) is 0.578. The Kier molecular flexibility index (Phi) is 2.33. The van der Waals surface area contributed by atoms with E-state index < -0.39 is 17.5 Å². The maximum absolute atomic E-state index is 12.7. The lowest BCUT2D eigenvalue weighted by atomic mass is 9.89. The Morgan fingerprint density at radius 3 is 2.68 bits per heavy atom. The second-order valence-corrected chi connectivity index (χ2v) is 4.92. The van der Waals surface area contributed by atoms with Crippen molar-refractivity contribution in [2.45, 2.75) is 0 Å². The number of nitrogens with zero attached hydrogens (tertiary/aromatic N) is 2. The summed E-state index contributed by atoms with van der Waals surface area (Å²) in [6.45, 7) is 0. The van der Waals surface area contributed by atoms with E-state index in [9.17, 15) is 19.5 Å². The molecule has 0 amide bonds. The van der Waals surface area contributed by atoms with Crippen LogP contribution < -0.4 is 0 Å². The van der Waals surface area contributed by atoms with Crippen LogP contribution in [0.25, 0.3) is 5.52 Å². The molecule has 0 spiro atoms. The zero-order chi connectivity index (χ0) is 15.4.